The Labute approximate surface area is 126 Å². The Morgan fingerprint density at radius 1 is 1.19 bits per heavy atom. The van der Waals surface area contributed by atoms with Crippen molar-refractivity contribution in [1.82, 2.24) is 4.31 Å². The summed E-state index contributed by atoms with van der Waals surface area (Å²) in [4.78, 5) is 0.353. The summed E-state index contributed by atoms with van der Waals surface area (Å²) in [7, 11) is -3.44. The molecule has 1 aliphatic carbocycles. The van der Waals surface area contributed by atoms with Crippen LogP contribution in [0.25, 0.3) is 0 Å². The van der Waals surface area contributed by atoms with Crippen molar-refractivity contribution in [3.8, 4) is 0 Å². The Kier molecular flexibility index (Phi) is 4.31. The number of hydrogen-bond acceptors (Lipinski definition) is 4. The maximum atomic E-state index is 12.9. The van der Waals surface area contributed by atoms with E-state index >= 15 is 0 Å². The number of hydrogen-bond donors (Lipinski definition) is 1. The lowest BCUT2D eigenvalue weighted by molar-refractivity contribution is -0.0586. The molecule has 3 rings (SSSR count). The maximum absolute atomic E-state index is 12.9. The smallest absolute Gasteiger partial charge is 0.243 e. The Balaban J connectivity index is 1.88. The Morgan fingerprint density at radius 2 is 1.90 bits per heavy atom. The van der Waals surface area contributed by atoms with E-state index in [9.17, 15) is 8.42 Å². The number of nitrogens with two attached hydrogens (primary N) is 1. The molecule has 1 heterocycles. The summed E-state index contributed by atoms with van der Waals surface area (Å²) in [5.41, 5.74) is 6.50. The zero-order valence-corrected chi connectivity index (χ0v) is 12.9. The molecule has 2 atom stereocenters. The highest BCUT2D eigenvalue weighted by atomic mass is 32.2. The van der Waals surface area contributed by atoms with E-state index in [1.165, 1.54) is 0 Å². The normalized spacial score (nSPS) is 27.3. The summed E-state index contributed by atoms with van der Waals surface area (Å²) < 4.78 is 33.2. The van der Waals surface area contributed by atoms with Crippen LogP contribution >= 0.6 is 0 Å². The number of benzene rings is 1. The number of sulfonamides is 1. The molecule has 116 valence electrons. The van der Waals surface area contributed by atoms with Gasteiger partial charge in [-0.15, -0.1) is 0 Å². The van der Waals surface area contributed by atoms with E-state index < -0.39 is 10.0 Å². The fraction of sp³-hybridized carbons (Fsp3) is 0.600. The Hall–Kier alpha value is -0.950. The molecule has 0 bridgehead atoms. The molecule has 1 saturated heterocycles. The molecule has 0 aromatic heterocycles. The van der Waals surface area contributed by atoms with Crippen molar-refractivity contribution >= 4 is 10.0 Å². The topological polar surface area (TPSA) is 72.6 Å². The highest BCUT2D eigenvalue weighted by Gasteiger charge is 2.40. The van der Waals surface area contributed by atoms with Crippen molar-refractivity contribution in [3.05, 3.63) is 29.8 Å². The molecule has 2 fully saturated rings. The number of nitrogens with zero attached hydrogens (tertiary/aromatic N) is 1. The minimum atomic E-state index is -3.44. The summed E-state index contributed by atoms with van der Waals surface area (Å²) in [5.74, 6) is 0. The van der Waals surface area contributed by atoms with Gasteiger partial charge in [-0.2, -0.15) is 4.31 Å². The van der Waals surface area contributed by atoms with Gasteiger partial charge in [-0.05, 0) is 30.5 Å². The van der Waals surface area contributed by atoms with Gasteiger partial charge in [-0.25, -0.2) is 8.42 Å². The van der Waals surface area contributed by atoms with E-state index in [0.717, 1.165) is 31.2 Å². The minimum Gasteiger partial charge on any atom is -0.375 e. The molecule has 1 saturated carbocycles. The lowest BCUT2D eigenvalue weighted by atomic mass is 9.91. The van der Waals surface area contributed by atoms with Crippen LogP contribution in [0.5, 0.6) is 0 Å². The summed E-state index contributed by atoms with van der Waals surface area (Å²) in [5, 5.41) is 0. The zero-order valence-electron chi connectivity index (χ0n) is 12.1. The van der Waals surface area contributed by atoms with Gasteiger partial charge in [0.05, 0.1) is 23.6 Å². The van der Waals surface area contributed by atoms with Gasteiger partial charge >= 0.3 is 0 Å². The molecule has 1 aliphatic heterocycles. The van der Waals surface area contributed by atoms with Crippen molar-refractivity contribution in [2.24, 2.45) is 5.73 Å². The second-order valence-electron chi connectivity index (χ2n) is 5.72. The van der Waals surface area contributed by atoms with Crippen LogP contribution in [0.15, 0.2) is 29.2 Å². The first-order valence-electron chi connectivity index (χ1n) is 7.55. The van der Waals surface area contributed by atoms with Crippen LogP contribution in [0.3, 0.4) is 0 Å². The molecule has 0 spiro atoms. The molecular weight excluding hydrogens is 288 g/mol. The van der Waals surface area contributed by atoms with E-state index in [-0.39, 0.29) is 12.1 Å². The molecule has 2 unspecified atom stereocenters. The van der Waals surface area contributed by atoms with E-state index in [0.29, 0.717) is 24.6 Å². The monoisotopic (exact) mass is 310 g/mol. The molecule has 2 aliphatic rings. The zero-order chi connectivity index (χ0) is 14.9. The summed E-state index contributed by atoms with van der Waals surface area (Å²) >= 11 is 0. The lowest BCUT2D eigenvalue weighted by Gasteiger charge is -2.42. The van der Waals surface area contributed by atoms with Crippen LogP contribution in [-0.4, -0.2) is 38.0 Å². The lowest BCUT2D eigenvalue weighted by Crippen LogP contribution is -2.54. The first-order valence-corrected chi connectivity index (χ1v) is 8.99. The van der Waals surface area contributed by atoms with E-state index in [4.69, 9.17) is 10.5 Å². The fourth-order valence-electron chi connectivity index (χ4n) is 3.29. The van der Waals surface area contributed by atoms with E-state index in [1.807, 2.05) is 0 Å². The second kappa shape index (κ2) is 6.04. The first kappa shape index (κ1) is 15.0. The molecule has 0 radical (unpaired) electrons. The molecule has 2 N–H and O–H groups in total. The number of fused-ring (bicyclic) bond motifs is 1. The van der Waals surface area contributed by atoms with Crippen LogP contribution in [-0.2, 0) is 21.3 Å². The summed E-state index contributed by atoms with van der Waals surface area (Å²) in [6, 6.07) is 6.87. The third kappa shape index (κ3) is 2.85. The van der Waals surface area contributed by atoms with Crippen LogP contribution in [0.4, 0.5) is 0 Å². The van der Waals surface area contributed by atoms with Crippen molar-refractivity contribution in [2.75, 3.05) is 13.2 Å². The molecule has 21 heavy (non-hydrogen) atoms. The second-order valence-corrected chi connectivity index (χ2v) is 7.62. The van der Waals surface area contributed by atoms with Gasteiger partial charge in [0.25, 0.3) is 0 Å². The average molecular weight is 310 g/mol. The van der Waals surface area contributed by atoms with Gasteiger partial charge in [0.2, 0.25) is 10.0 Å². The summed E-state index contributed by atoms with van der Waals surface area (Å²) in [6.45, 7) is 1.35. The molecule has 6 heteroatoms. The fourth-order valence-corrected chi connectivity index (χ4v) is 4.96. The van der Waals surface area contributed by atoms with Crippen molar-refractivity contribution in [3.63, 3.8) is 0 Å². The number of ether oxygens (including phenoxy) is 1. The van der Waals surface area contributed by atoms with Crippen molar-refractivity contribution < 1.29 is 13.2 Å². The van der Waals surface area contributed by atoms with Gasteiger partial charge in [-0.1, -0.05) is 25.0 Å². The third-order valence-corrected chi connectivity index (χ3v) is 6.39. The molecule has 5 nitrogen and oxygen atoms in total. The quantitative estimate of drug-likeness (QED) is 0.918. The number of rotatable bonds is 3. The maximum Gasteiger partial charge on any atom is 0.243 e. The standard InChI is InChI=1S/C15H22N2O3S/c16-11-12-5-7-13(8-6-12)21(18,19)17-9-10-20-15-4-2-1-3-14(15)17/h5-8,14-15H,1-4,9-11,16H2. The number of morpholine rings is 1. The molecule has 1 aromatic rings. The van der Waals surface area contributed by atoms with E-state index in [2.05, 4.69) is 0 Å². The van der Waals surface area contributed by atoms with Crippen molar-refractivity contribution in [1.29, 1.82) is 0 Å². The predicted octanol–water partition coefficient (Wildman–Crippen LogP) is 1.48. The van der Waals surface area contributed by atoms with Gasteiger partial charge in [0.1, 0.15) is 0 Å². The van der Waals surface area contributed by atoms with Crippen LogP contribution in [0.2, 0.25) is 0 Å². The predicted molar refractivity (Wildman–Crippen MR) is 80.2 cm³/mol. The van der Waals surface area contributed by atoms with Crippen LogP contribution in [0.1, 0.15) is 31.2 Å². The summed E-state index contributed by atoms with van der Waals surface area (Å²) in [6.07, 6.45) is 4.11. The average Bonchev–Trinajstić information content (AvgIpc) is 2.54. The Morgan fingerprint density at radius 3 is 2.62 bits per heavy atom. The van der Waals surface area contributed by atoms with E-state index in [1.54, 1.807) is 28.6 Å². The molecule has 0 amide bonds. The van der Waals surface area contributed by atoms with Gasteiger partial charge in [0.15, 0.2) is 0 Å². The van der Waals surface area contributed by atoms with Crippen LogP contribution in [0, 0.1) is 0 Å². The van der Waals surface area contributed by atoms with Gasteiger partial charge in [-0.3, -0.25) is 0 Å². The van der Waals surface area contributed by atoms with Crippen LogP contribution < -0.4 is 5.73 Å². The van der Waals surface area contributed by atoms with Crippen molar-refractivity contribution in [2.45, 2.75) is 49.3 Å². The molecule has 1 aromatic carbocycles. The highest BCUT2D eigenvalue weighted by Crippen LogP contribution is 2.32. The molecular formula is C15H22N2O3S. The van der Waals surface area contributed by atoms with Gasteiger partial charge in [0, 0.05) is 13.1 Å². The SMILES string of the molecule is NCc1ccc(S(=O)(=O)N2CCOC3CCCCC32)cc1. The Bertz CT molecular complexity index is 583. The largest absolute Gasteiger partial charge is 0.375 e. The first-order chi connectivity index (χ1) is 10.1. The third-order valence-electron chi connectivity index (χ3n) is 4.45. The highest BCUT2D eigenvalue weighted by molar-refractivity contribution is 7.89. The van der Waals surface area contributed by atoms with Gasteiger partial charge < -0.3 is 10.5 Å². The minimum absolute atomic E-state index is 0.00770.